The van der Waals surface area contributed by atoms with Gasteiger partial charge in [-0.25, -0.2) is 9.78 Å². The largest absolute Gasteiger partial charge is 0.381 e. The summed E-state index contributed by atoms with van der Waals surface area (Å²) in [5.74, 6) is 1.50. The number of nitrogens with one attached hydrogen (secondary N) is 2. The fourth-order valence-corrected chi connectivity index (χ4v) is 2.95. The lowest BCUT2D eigenvalue weighted by atomic mass is 9.91. The standard InChI is InChI=1S/C17H26N6O3/c1-12(2)15-21-16(26-22-15)14(13-3-9-25-10-4-13)20-17(24)19-6-8-23-7-5-18-11-23/h5,7,11-14H,3-4,6,8-10H2,1-2H3,(H2,19,20,24)/t14-/m1/s1. The zero-order valence-corrected chi connectivity index (χ0v) is 15.2. The lowest BCUT2D eigenvalue weighted by Crippen LogP contribution is -2.42. The van der Waals surface area contributed by atoms with Gasteiger partial charge in [-0.2, -0.15) is 4.98 Å². The molecule has 3 heterocycles. The predicted molar refractivity (Wildman–Crippen MR) is 93.4 cm³/mol. The topological polar surface area (TPSA) is 107 Å². The molecule has 1 saturated heterocycles. The van der Waals surface area contributed by atoms with Crippen LogP contribution in [0, 0.1) is 5.92 Å². The minimum atomic E-state index is -0.313. The SMILES string of the molecule is CC(C)c1noc([C@H](NC(=O)NCCn2ccnc2)C2CCOCC2)n1. The van der Waals surface area contributed by atoms with Gasteiger partial charge in [0.15, 0.2) is 5.82 Å². The zero-order chi connectivity index (χ0) is 18.4. The molecule has 26 heavy (non-hydrogen) atoms. The Hall–Kier alpha value is -2.42. The summed E-state index contributed by atoms with van der Waals surface area (Å²) in [6.45, 7) is 6.53. The second-order valence-electron chi connectivity index (χ2n) is 6.77. The molecule has 3 rings (SSSR count). The molecule has 2 aromatic heterocycles. The van der Waals surface area contributed by atoms with Gasteiger partial charge < -0.3 is 24.5 Å². The number of urea groups is 1. The molecule has 0 aromatic carbocycles. The maximum Gasteiger partial charge on any atom is 0.315 e. The number of hydrogen-bond acceptors (Lipinski definition) is 6. The Morgan fingerprint density at radius 1 is 1.38 bits per heavy atom. The van der Waals surface area contributed by atoms with Crippen LogP contribution >= 0.6 is 0 Å². The Bertz CT molecular complexity index is 678. The number of hydrogen-bond donors (Lipinski definition) is 2. The van der Waals surface area contributed by atoms with Crippen molar-refractivity contribution in [2.24, 2.45) is 5.92 Å². The molecular formula is C17H26N6O3. The van der Waals surface area contributed by atoms with E-state index in [4.69, 9.17) is 9.26 Å². The number of aromatic nitrogens is 4. The Morgan fingerprint density at radius 3 is 2.85 bits per heavy atom. The van der Waals surface area contributed by atoms with Crippen molar-refractivity contribution in [2.45, 2.75) is 45.2 Å². The molecule has 1 atom stereocenters. The summed E-state index contributed by atoms with van der Waals surface area (Å²) in [4.78, 5) is 20.8. The first-order valence-electron chi connectivity index (χ1n) is 9.05. The highest BCUT2D eigenvalue weighted by Gasteiger charge is 2.31. The van der Waals surface area contributed by atoms with Crippen molar-refractivity contribution < 1.29 is 14.1 Å². The molecule has 0 saturated carbocycles. The van der Waals surface area contributed by atoms with Gasteiger partial charge >= 0.3 is 6.03 Å². The highest BCUT2D eigenvalue weighted by atomic mass is 16.5. The maximum atomic E-state index is 12.4. The summed E-state index contributed by atoms with van der Waals surface area (Å²) >= 11 is 0. The van der Waals surface area contributed by atoms with E-state index in [1.54, 1.807) is 12.5 Å². The normalized spacial score (nSPS) is 16.6. The summed E-state index contributed by atoms with van der Waals surface area (Å²) in [6, 6.07) is -0.557. The molecule has 2 amide bonds. The number of amides is 2. The van der Waals surface area contributed by atoms with Crippen molar-refractivity contribution in [3.63, 3.8) is 0 Å². The first-order valence-corrected chi connectivity index (χ1v) is 9.05. The van der Waals surface area contributed by atoms with E-state index in [9.17, 15) is 4.79 Å². The van der Waals surface area contributed by atoms with Gasteiger partial charge in [0.05, 0.1) is 6.33 Å². The quantitative estimate of drug-likeness (QED) is 0.778. The highest BCUT2D eigenvalue weighted by Crippen LogP contribution is 2.29. The second kappa shape index (κ2) is 8.79. The van der Waals surface area contributed by atoms with E-state index in [-0.39, 0.29) is 23.9 Å². The van der Waals surface area contributed by atoms with Gasteiger partial charge in [0.2, 0.25) is 5.89 Å². The predicted octanol–water partition coefficient (Wildman–Crippen LogP) is 1.86. The van der Waals surface area contributed by atoms with E-state index < -0.39 is 0 Å². The molecule has 2 aromatic rings. The minimum absolute atomic E-state index is 0.173. The molecule has 1 aliphatic heterocycles. The monoisotopic (exact) mass is 362 g/mol. The third kappa shape index (κ3) is 4.81. The number of ether oxygens (including phenoxy) is 1. The third-order valence-corrected chi connectivity index (χ3v) is 4.48. The van der Waals surface area contributed by atoms with Crippen molar-refractivity contribution >= 4 is 6.03 Å². The first-order chi connectivity index (χ1) is 12.6. The first kappa shape index (κ1) is 18.4. The summed E-state index contributed by atoms with van der Waals surface area (Å²) in [5.41, 5.74) is 0. The number of imidazole rings is 1. The smallest absolute Gasteiger partial charge is 0.315 e. The van der Waals surface area contributed by atoms with E-state index in [1.807, 2.05) is 24.6 Å². The van der Waals surface area contributed by atoms with Crippen LogP contribution in [0.5, 0.6) is 0 Å². The van der Waals surface area contributed by atoms with Gasteiger partial charge in [-0.15, -0.1) is 0 Å². The lowest BCUT2D eigenvalue weighted by molar-refractivity contribution is 0.0503. The van der Waals surface area contributed by atoms with Crippen LogP contribution in [-0.4, -0.2) is 45.5 Å². The second-order valence-corrected chi connectivity index (χ2v) is 6.77. The van der Waals surface area contributed by atoms with E-state index in [2.05, 4.69) is 25.8 Å². The average Bonchev–Trinajstić information content (AvgIpc) is 3.32. The number of carbonyl (C=O) groups is 1. The molecule has 1 aliphatic rings. The molecular weight excluding hydrogens is 336 g/mol. The van der Waals surface area contributed by atoms with Gasteiger partial charge in [-0.05, 0) is 18.8 Å². The van der Waals surface area contributed by atoms with Crippen LogP contribution in [0.2, 0.25) is 0 Å². The molecule has 142 valence electrons. The lowest BCUT2D eigenvalue weighted by Gasteiger charge is -2.28. The Morgan fingerprint density at radius 2 is 2.19 bits per heavy atom. The number of nitrogens with zero attached hydrogens (tertiary/aromatic N) is 4. The van der Waals surface area contributed by atoms with Gasteiger partial charge in [0, 0.05) is 44.6 Å². The summed E-state index contributed by atoms with van der Waals surface area (Å²) in [5, 5.41) is 9.91. The van der Waals surface area contributed by atoms with Crippen molar-refractivity contribution in [1.82, 2.24) is 30.3 Å². The van der Waals surface area contributed by atoms with Crippen LogP contribution in [0.1, 0.15) is 50.4 Å². The number of carbonyl (C=O) groups excluding carboxylic acids is 1. The molecule has 1 fully saturated rings. The van der Waals surface area contributed by atoms with Crippen LogP contribution in [0.15, 0.2) is 23.2 Å². The Kier molecular flexibility index (Phi) is 6.21. The van der Waals surface area contributed by atoms with Crippen LogP contribution in [0.3, 0.4) is 0 Å². The van der Waals surface area contributed by atoms with Gasteiger partial charge in [0.1, 0.15) is 6.04 Å². The van der Waals surface area contributed by atoms with E-state index in [0.29, 0.717) is 38.0 Å². The van der Waals surface area contributed by atoms with Crippen molar-refractivity contribution in [3.8, 4) is 0 Å². The molecule has 2 N–H and O–H groups in total. The van der Waals surface area contributed by atoms with E-state index >= 15 is 0 Å². The van der Waals surface area contributed by atoms with Crippen LogP contribution < -0.4 is 10.6 Å². The molecule has 0 aliphatic carbocycles. The van der Waals surface area contributed by atoms with Crippen LogP contribution in [0.4, 0.5) is 4.79 Å². The van der Waals surface area contributed by atoms with Gasteiger partial charge in [-0.3, -0.25) is 0 Å². The molecule has 0 spiro atoms. The van der Waals surface area contributed by atoms with Gasteiger partial charge in [0.25, 0.3) is 0 Å². The molecule has 0 bridgehead atoms. The fourth-order valence-electron chi connectivity index (χ4n) is 2.95. The fraction of sp³-hybridized carbons (Fsp3) is 0.647. The number of rotatable bonds is 7. The summed E-state index contributed by atoms with van der Waals surface area (Å²) in [6.07, 6.45) is 6.98. The minimum Gasteiger partial charge on any atom is -0.381 e. The van der Waals surface area contributed by atoms with Crippen molar-refractivity contribution in [2.75, 3.05) is 19.8 Å². The third-order valence-electron chi connectivity index (χ3n) is 4.48. The summed E-state index contributed by atoms with van der Waals surface area (Å²) in [7, 11) is 0. The Labute approximate surface area is 152 Å². The van der Waals surface area contributed by atoms with Crippen LogP contribution in [0.25, 0.3) is 0 Å². The van der Waals surface area contributed by atoms with Crippen molar-refractivity contribution in [1.29, 1.82) is 0 Å². The van der Waals surface area contributed by atoms with Crippen molar-refractivity contribution in [3.05, 3.63) is 30.4 Å². The molecule has 9 heteroatoms. The molecule has 9 nitrogen and oxygen atoms in total. The Balaban J connectivity index is 1.61. The van der Waals surface area contributed by atoms with E-state index in [0.717, 1.165) is 12.8 Å². The highest BCUT2D eigenvalue weighted by molar-refractivity contribution is 5.74. The van der Waals surface area contributed by atoms with Gasteiger partial charge in [-0.1, -0.05) is 19.0 Å². The molecule has 0 radical (unpaired) electrons. The van der Waals surface area contributed by atoms with Crippen LogP contribution in [-0.2, 0) is 11.3 Å². The van der Waals surface area contributed by atoms with E-state index in [1.165, 1.54) is 0 Å². The zero-order valence-electron chi connectivity index (χ0n) is 15.2. The average molecular weight is 362 g/mol. The summed E-state index contributed by atoms with van der Waals surface area (Å²) < 4.78 is 12.8. The molecule has 0 unspecified atom stereocenters. The maximum absolute atomic E-state index is 12.4.